The van der Waals surface area contributed by atoms with Gasteiger partial charge in [0.15, 0.2) is 0 Å². The minimum atomic E-state index is -0.482. The van der Waals surface area contributed by atoms with E-state index in [-0.39, 0.29) is 0 Å². The molecular formula is C20H18N4O3. The Kier molecular flexibility index (Phi) is 5.73. The van der Waals surface area contributed by atoms with Gasteiger partial charge in [0, 0.05) is 11.6 Å². The Hall–Kier alpha value is -3.74. The van der Waals surface area contributed by atoms with Crippen LogP contribution in [-0.4, -0.2) is 28.4 Å². The van der Waals surface area contributed by atoms with Crippen molar-refractivity contribution in [2.24, 2.45) is 0 Å². The van der Waals surface area contributed by atoms with Crippen LogP contribution in [0, 0.1) is 0 Å². The predicted molar refractivity (Wildman–Crippen MR) is 102 cm³/mol. The van der Waals surface area contributed by atoms with Gasteiger partial charge in [-0.2, -0.15) is 0 Å². The van der Waals surface area contributed by atoms with Gasteiger partial charge in [-0.15, -0.1) is 0 Å². The molecule has 0 saturated carbocycles. The Labute approximate surface area is 156 Å². The van der Waals surface area contributed by atoms with Crippen molar-refractivity contribution < 1.29 is 14.3 Å². The van der Waals surface area contributed by atoms with Gasteiger partial charge in [0.2, 0.25) is 0 Å². The summed E-state index contributed by atoms with van der Waals surface area (Å²) in [5.41, 5.74) is 7.14. The zero-order chi connectivity index (χ0) is 19.1. The molecule has 2 N–H and O–H groups in total. The number of carbonyl (C=O) groups excluding carboxylic acids is 2. The standard InChI is InChI=1S/C20H18N4O3/c1-2-27-16-10-7-14(8-11-16)20(26)24-23-19(25)12-9-15-13-21-17-5-3-4-6-18(17)22-15/h3-13H,2H2,1H3,(H,23,25)(H,24,26)/b12-9+. The monoisotopic (exact) mass is 362 g/mol. The highest BCUT2D eigenvalue weighted by molar-refractivity contribution is 5.98. The van der Waals surface area contributed by atoms with Crippen LogP contribution in [-0.2, 0) is 4.79 Å². The molecule has 2 aromatic carbocycles. The minimum absolute atomic E-state index is 0.406. The third-order valence-electron chi connectivity index (χ3n) is 3.60. The number of aromatic nitrogens is 2. The molecule has 0 atom stereocenters. The number of nitrogens with one attached hydrogen (secondary N) is 2. The number of ether oxygens (including phenoxy) is 1. The van der Waals surface area contributed by atoms with Crippen molar-refractivity contribution in [1.82, 2.24) is 20.8 Å². The third kappa shape index (κ3) is 4.88. The van der Waals surface area contributed by atoms with Crippen LogP contribution >= 0.6 is 0 Å². The molecule has 136 valence electrons. The second-order valence-electron chi connectivity index (χ2n) is 5.52. The summed E-state index contributed by atoms with van der Waals surface area (Å²) in [5, 5.41) is 0. The molecule has 0 saturated heterocycles. The highest BCUT2D eigenvalue weighted by atomic mass is 16.5. The van der Waals surface area contributed by atoms with Crippen molar-refractivity contribution in [3.63, 3.8) is 0 Å². The summed E-state index contributed by atoms with van der Waals surface area (Å²) in [4.78, 5) is 32.6. The first-order valence-electron chi connectivity index (χ1n) is 8.39. The van der Waals surface area contributed by atoms with Crippen molar-refractivity contribution in [2.45, 2.75) is 6.92 Å². The maximum absolute atomic E-state index is 12.0. The van der Waals surface area contributed by atoms with Gasteiger partial charge in [0.05, 0.1) is 29.5 Å². The number of hydrogen-bond donors (Lipinski definition) is 2. The third-order valence-corrected chi connectivity index (χ3v) is 3.60. The predicted octanol–water partition coefficient (Wildman–Crippen LogP) is 2.50. The summed E-state index contributed by atoms with van der Waals surface area (Å²) < 4.78 is 5.32. The molecule has 7 heteroatoms. The van der Waals surface area contributed by atoms with Crippen LogP contribution in [0.4, 0.5) is 0 Å². The van der Waals surface area contributed by atoms with Crippen molar-refractivity contribution >= 4 is 28.9 Å². The maximum atomic E-state index is 12.0. The number of fused-ring (bicyclic) bond motifs is 1. The van der Waals surface area contributed by atoms with Gasteiger partial charge >= 0.3 is 0 Å². The lowest BCUT2D eigenvalue weighted by Crippen LogP contribution is -2.40. The average Bonchev–Trinajstić information content (AvgIpc) is 2.71. The fourth-order valence-electron chi connectivity index (χ4n) is 2.31. The highest BCUT2D eigenvalue weighted by Gasteiger charge is 2.06. The van der Waals surface area contributed by atoms with Crippen molar-refractivity contribution in [2.75, 3.05) is 6.61 Å². The Morgan fingerprint density at radius 3 is 2.52 bits per heavy atom. The number of amides is 2. The van der Waals surface area contributed by atoms with E-state index in [0.717, 1.165) is 11.0 Å². The molecule has 1 heterocycles. The first-order valence-corrected chi connectivity index (χ1v) is 8.39. The number of carbonyl (C=O) groups is 2. The molecule has 0 aliphatic carbocycles. The zero-order valence-electron chi connectivity index (χ0n) is 14.7. The van der Waals surface area contributed by atoms with E-state index in [1.54, 1.807) is 30.5 Å². The van der Waals surface area contributed by atoms with E-state index in [1.807, 2.05) is 31.2 Å². The van der Waals surface area contributed by atoms with Crippen molar-refractivity contribution in [3.05, 3.63) is 72.1 Å². The number of nitrogens with zero attached hydrogens (tertiary/aromatic N) is 2. The second kappa shape index (κ2) is 8.57. The van der Waals surface area contributed by atoms with E-state index in [2.05, 4.69) is 20.8 Å². The maximum Gasteiger partial charge on any atom is 0.269 e. The van der Waals surface area contributed by atoms with Crippen LogP contribution in [0.15, 0.2) is 60.8 Å². The number of hydrazine groups is 1. The fraction of sp³-hybridized carbons (Fsp3) is 0.100. The first-order chi connectivity index (χ1) is 13.2. The SMILES string of the molecule is CCOc1ccc(C(=O)NNC(=O)/C=C/c2cnc3ccccc3n2)cc1. The van der Waals surface area contributed by atoms with Crippen LogP contribution in [0.5, 0.6) is 5.75 Å². The van der Waals surface area contributed by atoms with E-state index in [4.69, 9.17) is 4.74 Å². The average molecular weight is 362 g/mol. The van der Waals surface area contributed by atoms with Crippen LogP contribution in [0.2, 0.25) is 0 Å². The van der Waals surface area contributed by atoms with Crippen LogP contribution in [0.3, 0.4) is 0 Å². The largest absolute Gasteiger partial charge is 0.494 e. The molecular weight excluding hydrogens is 344 g/mol. The topological polar surface area (TPSA) is 93.2 Å². The number of para-hydroxylation sites is 2. The molecule has 0 spiro atoms. The number of hydrogen-bond acceptors (Lipinski definition) is 5. The Balaban J connectivity index is 1.55. The van der Waals surface area contributed by atoms with E-state index >= 15 is 0 Å². The number of benzene rings is 2. The summed E-state index contributed by atoms with van der Waals surface area (Å²) in [6, 6.07) is 14.1. The Morgan fingerprint density at radius 1 is 1.04 bits per heavy atom. The van der Waals surface area contributed by atoms with Crippen molar-refractivity contribution in [3.8, 4) is 5.75 Å². The van der Waals surface area contributed by atoms with E-state index < -0.39 is 11.8 Å². The molecule has 0 aliphatic rings. The van der Waals surface area contributed by atoms with Gasteiger partial charge in [-0.3, -0.25) is 25.4 Å². The quantitative estimate of drug-likeness (QED) is 0.537. The van der Waals surface area contributed by atoms with Gasteiger partial charge in [0.25, 0.3) is 11.8 Å². The molecule has 1 aromatic heterocycles. The molecule has 0 aliphatic heterocycles. The smallest absolute Gasteiger partial charge is 0.269 e. The summed E-state index contributed by atoms with van der Waals surface area (Å²) in [7, 11) is 0. The highest BCUT2D eigenvalue weighted by Crippen LogP contribution is 2.12. The van der Waals surface area contributed by atoms with Crippen LogP contribution in [0.1, 0.15) is 23.0 Å². The molecule has 0 bridgehead atoms. The van der Waals surface area contributed by atoms with Crippen LogP contribution in [0.25, 0.3) is 17.1 Å². The lowest BCUT2D eigenvalue weighted by Gasteiger charge is -2.06. The molecule has 3 aromatic rings. The fourth-order valence-corrected chi connectivity index (χ4v) is 2.31. The molecule has 0 radical (unpaired) electrons. The Morgan fingerprint density at radius 2 is 1.78 bits per heavy atom. The van der Waals surface area contributed by atoms with Crippen LogP contribution < -0.4 is 15.6 Å². The van der Waals surface area contributed by atoms with Gasteiger partial charge in [-0.25, -0.2) is 4.98 Å². The van der Waals surface area contributed by atoms with Gasteiger partial charge in [-0.1, -0.05) is 12.1 Å². The molecule has 7 nitrogen and oxygen atoms in total. The van der Waals surface area contributed by atoms with Gasteiger partial charge in [-0.05, 0) is 49.4 Å². The Bertz CT molecular complexity index is 984. The zero-order valence-corrected chi connectivity index (χ0v) is 14.7. The summed E-state index contributed by atoms with van der Waals surface area (Å²) >= 11 is 0. The molecule has 0 fully saturated rings. The molecule has 0 unspecified atom stereocenters. The summed E-state index contributed by atoms with van der Waals surface area (Å²) in [5.74, 6) is -0.230. The molecule has 3 rings (SSSR count). The lowest BCUT2D eigenvalue weighted by molar-refractivity contribution is -0.117. The molecule has 27 heavy (non-hydrogen) atoms. The lowest BCUT2D eigenvalue weighted by atomic mass is 10.2. The second-order valence-corrected chi connectivity index (χ2v) is 5.52. The summed E-state index contributed by atoms with van der Waals surface area (Å²) in [6.07, 6.45) is 4.37. The van der Waals surface area contributed by atoms with E-state index in [9.17, 15) is 9.59 Å². The first kappa shape index (κ1) is 18.1. The van der Waals surface area contributed by atoms with E-state index in [1.165, 1.54) is 12.2 Å². The van der Waals surface area contributed by atoms with E-state index in [0.29, 0.717) is 23.6 Å². The van der Waals surface area contributed by atoms with Crippen molar-refractivity contribution in [1.29, 1.82) is 0 Å². The normalized spacial score (nSPS) is 10.7. The van der Waals surface area contributed by atoms with Gasteiger partial charge in [0.1, 0.15) is 5.75 Å². The summed E-state index contributed by atoms with van der Waals surface area (Å²) in [6.45, 7) is 2.43. The number of rotatable bonds is 5. The minimum Gasteiger partial charge on any atom is -0.494 e. The molecule has 2 amide bonds. The van der Waals surface area contributed by atoms with Gasteiger partial charge < -0.3 is 4.74 Å².